The number of carbonyl (C=O) groups is 1. The highest BCUT2D eigenvalue weighted by Gasteiger charge is 2.20. The molecule has 0 aliphatic carbocycles. The van der Waals surface area contributed by atoms with Crippen LogP contribution in [0, 0.1) is 0 Å². The van der Waals surface area contributed by atoms with Gasteiger partial charge in [0.25, 0.3) is 5.91 Å². The summed E-state index contributed by atoms with van der Waals surface area (Å²) in [5.41, 5.74) is 0. The van der Waals surface area contributed by atoms with Crippen LogP contribution in [0.5, 0.6) is 5.75 Å². The standard InChI is InChI=1S/C11H14BrClN2O4S/c1-6(2)15-10(16)5-19-11-8(13)3-7(12)4-9(11)20(14,17)18/h3-4,6H,5H2,1-2H3,(H,15,16)(H2,14,17,18). The third-order valence-corrected chi connectivity index (χ3v) is 3.73. The minimum Gasteiger partial charge on any atom is -0.481 e. The molecule has 1 aromatic rings. The lowest BCUT2D eigenvalue weighted by molar-refractivity contribution is -0.123. The van der Waals surface area contributed by atoms with E-state index in [1.807, 2.05) is 0 Å². The van der Waals surface area contributed by atoms with Crippen molar-refractivity contribution in [3.8, 4) is 5.75 Å². The molecule has 0 aliphatic rings. The molecule has 112 valence electrons. The lowest BCUT2D eigenvalue weighted by Gasteiger charge is -2.13. The van der Waals surface area contributed by atoms with E-state index in [-0.39, 0.29) is 34.2 Å². The number of halogens is 2. The van der Waals surface area contributed by atoms with Gasteiger partial charge in [0.2, 0.25) is 10.0 Å². The molecular weight excluding hydrogens is 372 g/mol. The molecular formula is C11H14BrClN2O4S. The number of hydrogen-bond acceptors (Lipinski definition) is 4. The zero-order valence-electron chi connectivity index (χ0n) is 10.8. The molecule has 1 amide bonds. The number of benzene rings is 1. The fraction of sp³-hybridized carbons (Fsp3) is 0.364. The summed E-state index contributed by atoms with van der Waals surface area (Å²) in [4.78, 5) is 11.2. The van der Waals surface area contributed by atoms with Crippen molar-refractivity contribution in [1.82, 2.24) is 5.32 Å². The van der Waals surface area contributed by atoms with Crippen LogP contribution in [-0.4, -0.2) is 27.0 Å². The highest BCUT2D eigenvalue weighted by atomic mass is 79.9. The van der Waals surface area contributed by atoms with Crippen molar-refractivity contribution in [2.75, 3.05) is 6.61 Å². The first-order chi connectivity index (χ1) is 9.11. The Kier molecular flexibility index (Phi) is 5.81. The van der Waals surface area contributed by atoms with Gasteiger partial charge >= 0.3 is 0 Å². The number of rotatable bonds is 5. The third-order valence-electron chi connectivity index (χ3n) is 2.08. The first kappa shape index (κ1) is 17.2. The van der Waals surface area contributed by atoms with Crippen LogP contribution in [0.2, 0.25) is 5.02 Å². The molecule has 3 N–H and O–H groups in total. The first-order valence-corrected chi connectivity index (χ1v) is 8.27. The second-order valence-corrected chi connectivity index (χ2v) is 7.12. The smallest absolute Gasteiger partial charge is 0.258 e. The molecule has 0 saturated carbocycles. The molecule has 9 heteroatoms. The van der Waals surface area contributed by atoms with Crippen molar-refractivity contribution in [2.24, 2.45) is 5.14 Å². The van der Waals surface area contributed by atoms with Gasteiger partial charge in [0, 0.05) is 10.5 Å². The van der Waals surface area contributed by atoms with Crippen molar-refractivity contribution in [3.05, 3.63) is 21.6 Å². The molecule has 0 atom stereocenters. The molecule has 0 aliphatic heterocycles. The maximum absolute atomic E-state index is 11.5. The molecule has 0 heterocycles. The Morgan fingerprint density at radius 3 is 2.60 bits per heavy atom. The van der Waals surface area contributed by atoms with Crippen LogP contribution in [0.25, 0.3) is 0 Å². The minimum atomic E-state index is -4.02. The molecule has 0 fully saturated rings. The van der Waals surface area contributed by atoms with E-state index in [0.29, 0.717) is 4.47 Å². The largest absolute Gasteiger partial charge is 0.481 e. The zero-order valence-corrected chi connectivity index (χ0v) is 14.0. The Morgan fingerprint density at radius 2 is 2.10 bits per heavy atom. The van der Waals surface area contributed by atoms with Crippen molar-refractivity contribution in [1.29, 1.82) is 0 Å². The summed E-state index contributed by atoms with van der Waals surface area (Å²) in [6, 6.07) is 2.66. The van der Waals surface area contributed by atoms with Gasteiger partial charge in [-0.05, 0) is 26.0 Å². The molecule has 0 saturated heterocycles. The zero-order chi connectivity index (χ0) is 15.5. The average molecular weight is 386 g/mol. The Hall–Kier alpha value is -0.830. The molecule has 1 aromatic carbocycles. The van der Waals surface area contributed by atoms with Crippen LogP contribution in [0.4, 0.5) is 0 Å². The Bertz CT molecular complexity index is 619. The van der Waals surface area contributed by atoms with E-state index in [9.17, 15) is 13.2 Å². The molecule has 1 rings (SSSR count). The van der Waals surface area contributed by atoms with Crippen molar-refractivity contribution in [2.45, 2.75) is 24.8 Å². The summed E-state index contributed by atoms with van der Waals surface area (Å²) in [6.45, 7) is 3.22. The monoisotopic (exact) mass is 384 g/mol. The van der Waals surface area contributed by atoms with Gasteiger partial charge in [-0.15, -0.1) is 0 Å². The molecule has 0 spiro atoms. The van der Waals surface area contributed by atoms with E-state index in [2.05, 4.69) is 21.2 Å². The maximum Gasteiger partial charge on any atom is 0.258 e. The average Bonchev–Trinajstić information content (AvgIpc) is 2.24. The van der Waals surface area contributed by atoms with E-state index >= 15 is 0 Å². The van der Waals surface area contributed by atoms with Crippen LogP contribution in [0.1, 0.15) is 13.8 Å². The number of sulfonamides is 1. The lowest BCUT2D eigenvalue weighted by Crippen LogP contribution is -2.34. The van der Waals surface area contributed by atoms with E-state index in [4.69, 9.17) is 21.5 Å². The minimum absolute atomic E-state index is 0.0424. The van der Waals surface area contributed by atoms with Crippen LogP contribution in [0.3, 0.4) is 0 Å². The molecule has 0 radical (unpaired) electrons. The summed E-state index contributed by atoms with van der Waals surface area (Å²) >= 11 is 9.04. The van der Waals surface area contributed by atoms with Gasteiger partial charge in [-0.1, -0.05) is 27.5 Å². The highest BCUT2D eigenvalue weighted by Crippen LogP contribution is 2.34. The molecule has 0 bridgehead atoms. The Labute approximate surface area is 130 Å². The quantitative estimate of drug-likeness (QED) is 0.805. The van der Waals surface area contributed by atoms with Gasteiger partial charge < -0.3 is 10.1 Å². The summed E-state index contributed by atoms with van der Waals surface area (Å²) in [6.07, 6.45) is 0. The van der Waals surface area contributed by atoms with Crippen molar-refractivity contribution in [3.63, 3.8) is 0 Å². The van der Waals surface area contributed by atoms with E-state index in [1.54, 1.807) is 13.8 Å². The fourth-order valence-electron chi connectivity index (χ4n) is 1.39. The Balaban J connectivity index is 3.03. The number of amides is 1. The van der Waals surface area contributed by atoms with Gasteiger partial charge in [-0.2, -0.15) is 0 Å². The third kappa shape index (κ3) is 4.93. The molecule has 0 unspecified atom stereocenters. The van der Waals surface area contributed by atoms with Crippen LogP contribution in [0.15, 0.2) is 21.5 Å². The SMILES string of the molecule is CC(C)NC(=O)COc1c(Cl)cc(Br)cc1S(N)(=O)=O. The normalized spacial score (nSPS) is 11.5. The van der Waals surface area contributed by atoms with Crippen molar-refractivity contribution >= 4 is 43.5 Å². The number of primary sulfonamides is 1. The maximum atomic E-state index is 11.5. The number of nitrogens with one attached hydrogen (secondary N) is 1. The number of nitrogens with two attached hydrogens (primary N) is 1. The van der Waals surface area contributed by atoms with Gasteiger partial charge in [0.05, 0.1) is 5.02 Å². The van der Waals surface area contributed by atoms with Gasteiger partial charge in [0.15, 0.2) is 12.4 Å². The second-order valence-electron chi connectivity index (χ2n) is 4.27. The van der Waals surface area contributed by atoms with Crippen LogP contribution >= 0.6 is 27.5 Å². The fourth-order valence-corrected chi connectivity index (χ4v) is 3.18. The Morgan fingerprint density at radius 1 is 1.50 bits per heavy atom. The summed E-state index contributed by atoms with van der Waals surface area (Å²) < 4.78 is 28.6. The van der Waals surface area contributed by atoms with Gasteiger partial charge in [-0.3, -0.25) is 4.79 Å². The summed E-state index contributed by atoms with van der Waals surface area (Å²) in [5, 5.41) is 7.74. The first-order valence-electron chi connectivity index (χ1n) is 5.55. The molecule has 0 aromatic heterocycles. The highest BCUT2D eigenvalue weighted by molar-refractivity contribution is 9.10. The summed E-state index contributed by atoms with van der Waals surface area (Å²) in [5.74, 6) is -0.532. The summed E-state index contributed by atoms with van der Waals surface area (Å²) in [7, 11) is -4.02. The topological polar surface area (TPSA) is 98.5 Å². The predicted octanol–water partition coefficient (Wildman–Crippen LogP) is 1.65. The predicted molar refractivity (Wildman–Crippen MR) is 79.3 cm³/mol. The number of ether oxygens (including phenoxy) is 1. The van der Waals surface area contributed by atoms with Crippen LogP contribution < -0.4 is 15.2 Å². The number of hydrogen-bond donors (Lipinski definition) is 2. The molecule has 20 heavy (non-hydrogen) atoms. The van der Waals surface area contributed by atoms with E-state index < -0.39 is 10.0 Å². The van der Waals surface area contributed by atoms with Crippen LogP contribution in [-0.2, 0) is 14.8 Å². The van der Waals surface area contributed by atoms with Crippen molar-refractivity contribution < 1.29 is 17.9 Å². The molecule has 6 nitrogen and oxygen atoms in total. The van der Waals surface area contributed by atoms with Gasteiger partial charge in [0.1, 0.15) is 4.90 Å². The van der Waals surface area contributed by atoms with E-state index in [1.165, 1.54) is 12.1 Å². The second kappa shape index (κ2) is 6.75. The lowest BCUT2D eigenvalue weighted by atomic mass is 10.3. The van der Waals surface area contributed by atoms with E-state index in [0.717, 1.165) is 0 Å². The van der Waals surface area contributed by atoms with Gasteiger partial charge in [-0.25, -0.2) is 13.6 Å². The number of carbonyl (C=O) groups excluding carboxylic acids is 1.